The molecule has 0 heterocycles. The van der Waals surface area contributed by atoms with E-state index in [1.807, 2.05) is 6.92 Å². The smallest absolute Gasteiger partial charge is 0.163 e. The molecule has 0 aliphatic rings. The SMILES string of the molecule is CCC(C)NC(N)=S. The van der Waals surface area contributed by atoms with Crippen LogP contribution in [0.15, 0.2) is 0 Å². The maximum atomic E-state index is 5.19. The molecule has 0 aromatic heterocycles. The van der Waals surface area contributed by atoms with E-state index in [-0.39, 0.29) is 0 Å². The molecule has 0 saturated carbocycles. The zero-order valence-electron chi connectivity index (χ0n) is 5.27. The standard InChI is InChI=1S/C5H12N2S/c1-3-4(2)7-5(6)8/h4H,3H2,1-2H3,(H3,6,7,8). The second-order valence-corrected chi connectivity index (χ2v) is 2.26. The third kappa shape index (κ3) is 3.87. The van der Waals surface area contributed by atoms with Crippen molar-refractivity contribution in [3.8, 4) is 0 Å². The first-order valence-electron chi connectivity index (χ1n) is 2.72. The summed E-state index contributed by atoms with van der Waals surface area (Å²) in [5.41, 5.74) is 5.19. The van der Waals surface area contributed by atoms with Gasteiger partial charge in [-0.1, -0.05) is 6.92 Å². The molecule has 0 bridgehead atoms. The van der Waals surface area contributed by atoms with E-state index in [2.05, 4.69) is 24.5 Å². The molecule has 0 saturated heterocycles. The largest absolute Gasteiger partial charge is 0.376 e. The second-order valence-electron chi connectivity index (χ2n) is 1.82. The lowest BCUT2D eigenvalue weighted by atomic mass is 10.3. The average molecular weight is 132 g/mol. The molecule has 8 heavy (non-hydrogen) atoms. The van der Waals surface area contributed by atoms with E-state index in [1.165, 1.54) is 0 Å². The molecule has 0 radical (unpaired) electrons. The monoisotopic (exact) mass is 132 g/mol. The molecule has 0 fully saturated rings. The van der Waals surface area contributed by atoms with E-state index in [1.54, 1.807) is 0 Å². The van der Waals surface area contributed by atoms with Crippen molar-refractivity contribution in [3.63, 3.8) is 0 Å². The van der Waals surface area contributed by atoms with Crippen LogP contribution in [0.5, 0.6) is 0 Å². The maximum absolute atomic E-state index is 5.19. The fourth-order valence-electron chi connectivity index (χ4n) is 0.345. The summed E-state index contributed by atoms with van der Waals surface area (Å²) in [7, 11) is 0. The molecule has 1 atom stereocenters. The van der Waals surface area contributed by atoms with Crippen molar-refractivity contribution < 1.29 is 0 Å². The average Bonchev–Trinajstić information content (AvgIpc) is 1.65. The first-order valence-corrected chi connectivity index (χ1v) is 3.13. The van der Waals surface area contributed by atoms with E-state index in [4.69, 9.17) is 5.73 Å². The Morgan fingerprint density at radius 3 is 2.50 bits per heavy atom. The van der Waals surface area contributed by atoms with Crippen LogP contribution in [0, 0.1) is 0 Å². The molecule has 0 aliphatic heterocycles. The van der Waals surface area contributed by atoms with Crippen LogP contribution in [0.1, 0.15) is 20.3 Å². The molecule has 2 nitrogen and oxygen atoms in total. The Bertz CT molecular complexity index is 82.5. The number of thiocarbonyl (C=S) groups is 1. The van der Waals surface area contributed by atoms with Gasteiger partial charge in [0.25, 0.3) is 0 Å². The van der Waals surface area contributed by atoms with Crippen LogP contribution in [0.4, 0.5) is 0 Å². The van der Waals surface area contributed by atoms with Crippen LogP contribution in [-0.2, 0) is 0 Å². The summed E-state index contributed by atoms with van der Waals surface area (Å²) in [6.45, 7) is 4.12. The van der Waals surface area contributed by atoms with Crippen LogP contribution in [0.3, 0.4) is 0 Å². The second kappa shape index (κ2) is 3.66. The van der Waals surface area contributed by atoms with Gasteiger partial charge in [-0.05, 0) is 25.6 Å². The number of nitrogens with two attached hydrogens (primary N) is 1. The van der Waals surface area contributed by atoms with Crippen molar-refractivity contribution in [2.45, 2.75) is 26.3 Å². The normalized spacial score (nSPS) is 12.8. The minimum absolute atomic E-state index is 0.388. The van der Waals surface area contributed by atoms with Gasteiger partial charge in [0.15, 0.2) is 5.11 Å². The van der Waals surface area contributed by atoms with Crippen LogP contribution < -0.4 is 11.1 Å². The minimum atomic E-state index is 0.388. The molecular formula is C5H12N2S. The van der Waals surface area contributed by atoms with Gasteiger partial charge >= 0.3 is 0 Å². The summed E-state index contributed by atoms with van der Waals surface area (Å²) in [5, 5.41) is 3.29. The molecular weight excluding hydrogens is 120 g/mol. The lowest BCUT2D eigenvalue weighted by molar-refractivity contribution is 0.644. The van der Waals surface area contributed by atoms with Crippen molar-refractivity contribution in [2.75, 3.05) is 0 Å². The lowest BCUT2D eigenvalue weighted by Crippen LogP contribution is -2.35. The summed E-state index contributed by atoms with van der Waals surface area (Å²) < 4.78 is 0. The highest BCUT2D eigenvalue weighted by Crippen LogP contribution is 1.84. The zero-order valence-corrected chi connectivity index (χ0v) is 6.09. The minimum Gasteiger partial charge on any atom is -0.376 e. The van der Waals surface area contributed by atoms with Gasteiger partial charge in [-0.2, -0.15) is 0 Å². The Morgan fingerprint density at radius 1 is 1.88 bits per heavy atom. The van der Waals surface area contributed by atoms with Gasteiger partial charge in [0.2, 0.25) is 0 Å². The Balaban J connectivity index is 3.24. The molecule has 0 aromatic carbocycles. The molecule has 0 aromatic rings. The molecule has 0 aliphatic carbocycles. The highest BCUT2D eigenvalue weighted by atomic mass is 32.1. The van der Waals surface area contributed by atoms with Crippen LogP contribution in [0.25, 0.3) is 0 Å². The van der Waals surface area contributed by atoms with Gasteiger partial charge in [0.1, 0.15) is 0 Å². The number of hydrogen-bond donors (Lipinski definition) is 2. The van der Waals surface area contributed by atoms with Crippen LogP contribution in [-0.4, -0.2) is 11.2 Å². The molecule has 0 spiro atoms. The van der Waals surface area contributed by atoms with Gasteiger partial charge in [-0.15, -0.1) is 0 Å². The quantitative estimate of drug-likeness (QED) is 0.541. The van der Waals surface area contributed by atoms with Crippen LogP contribution >= 0.6 is 12.2 Å². The summed E-state index contributed by atoms with van der Waals surface area (Å²) in [5.74, 6) is 0. The highest BCUT2D eigenvalue weighted by molar-refractivity contribution is 7.80. The van der Waals surface area contributed by atoms with Crippen molar-refractivity contribution in [1.82, 2.24) is 5.32 Å². The van der Waals surface area contributed by atoms with Crippen LogP contribution in [0.2, 0.25) is 0 Å². The molecule has 0 rings (SSSR count). The van der Waals surface area contributed by atoms with Gasteiger partial charge < -0.3 is 11.1 Å². The molecule has 3 heteroatoms. The number of hydrogen-bond acceptors (Lipinski definition) is 1. The van der Waals surface area contributed by atoms with E-state index in [9.17, 15) is 0 Å². The first kappa shape index (κ1) is 7.69. The fourth-order valence-corrected chi connectivity index (χ4v) is 0.546. The summed E-state index contributed by atoms with van der Waals surface area (Å²) in [4.78, 5) is 0. The number of rotatable bonds is 2. The topological polar surface area (TPSA) is 38.0 Å². The van der Waals surface area contributed by atoms with Crippen molar-refractivity contribution >= 4 is 17.3 Å². The van der Waals surface area contributed by atoms with E-state index < -0.39 is 0 Å². The Morgan fingerprint density at radius 2 is 2.38 bits per heavy atom. The van der Waals surface area contributed by atoms with E-state index in [0.717, 1.165) is 6.42 Å². The predicted molar refractivity (Wildman–Crippen MR) is 39.7 cm³/mol. The Hall–Kier alpha value is -0.310. The predicted octanol–water partition coefficient (Wildman–Crippen LogP) is 0.618. The van der Waals surface area contributed by atoms with Crippen molar-refractivity contribution in [2.24, 2.45) is 5.73 Å². The summed E-state index contributed by atoms with van der Waals surface area (Å²) >= 11 is 4.60. The van der Waals surface area contributed by atoms with E-state index in [0.29, 0.717) is 11.2 Å². The molecule has 3 N–H and O–H groups in total. The highest BCUT2D eigenvalue weighted by Gasteiger charge is 1.94. The first-order chi connectivity index (χ1) is 3.66. The van der Waals surface area contributed by atoms with Gasteiger partial charge in [-0.3, -0.25) is 0 Å². The third-order valence-electron chi connectivity index (χ3n) is 1.00. The Kier molecular flexibility index (Phi) is 3.52. The van der Waals surface area contributed by atoms with Gasteiger partial charge in [-0.25, -0.2) is 0 Å². The molecule has 48 valence electrons. The summed E-state index contributed by atoms with van der Waals surface area (Å²) in [6.07, 6.45) is 1.05. The lowest BCUT2D eigenvalue weighted by Gasteiger charge is -2.09. The molecule has 0 amide bonds. The summed E-state index contributed by atoms with van der Waals surface area (Å²) in [6, 6.07) is 0.410. The third-order valence-corrected chi connectivity index (χ3v) is 1.12. The van der Waals surface area contributed by atoms with Crippen molar-refractivity contribution in [1.29, 1.82) is 0 Å². The maximum Gasteiger partial charge on any atom is 0.163 e. The number of nitrogens with one attached hydrogen (secondary N) is 1. The van der Waals surface area contributed by atoms with Gasteiger partial charge in [0, 0.05) is 6.04 Å². The Labute approximate surface area is 55.4 Å². The molecule has 1 unspecified atom stereocenters. The zero-order chi connectivity index (χ0) is 6.57. The fraction of sp³-hybridized carbons (Fsp3) is 0.800. The van der Waals surface area contributed by atoms with E-state index >= 15 is 0 Å². The van der Waals surface area contributed by atoms with Gasteiger partial charge in [0.05, 0.1) is 0 Å². The van der Waals surface area contributed by atoms with Crippen molar-refractivity contribution in [3.05, 3.63) is 0 Å².